The number of hydrogen-bond acceptors (Lipinski definition) is 9. The van der Waals surface area contributed by atoms with Crippen LogP contribution in [0.2, 0.25) is 0 Å². The second kappa shape index (κ2) is 20.2. The van der Waals surface area contributed by atoms with Crippen molar-refractivity contribution in [3.8, 4) is 0 Å². The van der Waals surface area contributed by atoms with Crippen LogP contribution in [0, 0.1) is 0 Å². The van der Waals surface area contributed by atoms with E-state index >= 15 is 0 Å². The van der Waals surface area contributed by atoms with Crippen molar-refractivity contribution in [2.24, 2.45) is 7.05 Å². The minimum absolute atomic E-state index is 0.00681. The van der Waals surface area contributed by atoms with Crippen LogP contribution in [0.5, 0.6) is 0 Å². The maximum absolute atomic E-state index is 13.1. The zero-order chi connectivity index (χ0) is 36.7. The highest BCUT2D eigenvalue weighted by Gasteiger charge is 2.28. The van der Waals surface area contributed by atoms with Gasteiger partial charge in [-0.15, -0.1) is 0 Å². The second-order valence-electron chi connectivity index (χ2n) is 12.9. The minimum atomic E-state index is -0.131. The highest BCUT2D eigenvalue weighted by Crippen LogP contribution is 2.43. The summed E-state index contributed by atoms with van der Waals surface area (Å²) >= 11 is 1.73. The molecule has 0 saturated carbocycles. The molecule has 0 bridgehead atoms. The van der Waals surface area contributed by atoms with E-state index in [9.17, 15) is 4.79 Å². The number of benzene rings is 3. The first-order chi connectivity index (χ1) is 25.4. The summed E-state index contributed by atoms with van der Waals surface area (Å²) in [4.78, 5) is 20.3. The number of carbonyl (C=O) groups excluding carboxylic acids is 1. The van der Waals surface area contributed by atoms with Gasteiger partial charge in [-0.05, 0) is 75.5 Å². The topological polar surface area (TPSA) is 90.6 Å². The summed E-state index contributed by atoms with van der Waals surface area (Å²) in [6.07, 6.45) is 6.76. The fraction of sp³-hybridized carbons (Fsp3) is 0.415. The number of hydrogen-bond donors (Lipinski definition) is 2. The number of nitrogens with one attached hydrogen (secondary N) is 1. The lowest BCUT2D eigenvalue weighted by molar-refractivity contribution is -0.642. The van der Waals surface area contributed by atoms with Crippen LogP contribution in [0.15, 0.2) is 84.7 Å². The molecular weight excluding hydrogens is 675 g/mol. The number of ether oxygens (including phenoxy) is 3. The van der Waals surface area contributed by atoms with Crippen molar-refractivity contribution < 1.29 is 28.7 Å². The maximum atomic E-state index is 13.1. The van der Waals surface area contributed by atoms with Crippen molar-refractivity contribution >= 4 is 50.5 Å². The summed E-state index contributed by atoms with van der Waals surface area (Å²) in [5, 5.41) is 12.8. The van der Waals surface area contributed by atoms with Crippen LogP contribution in [0.25, 0.3) is 21.9 Å². The van der Waals surface area contributed by atoms with Crippen LogP contribution in [0.1, 0.15) is 40.7 Å². The third-order valence-electron chi connectivity index (χ3n) is 8.75. The van der Waals surface area contributed by atoms with Gasteiger partial charge in [0, 0.05) is 48.6 Å². The molecule has 4 aromatic rings. The van der Waals surface area contributed by atoms with Crippen LogP contribution < -0.4 is 14.8 Å². The number of carbonyl (C=O) groups is 1. The van der Waals surface area contributed by atoms with E-state index in [-0.39, 0.29) is 12.5 Å². The summed E-state index contributed by atoms with van der Waals surface area (Å²) in [7, 11) is 6.34. The fourth-order valence-corrected chi connectivity index (χ4v) is 7.30. The molecule has 3 aromatic carbocycles. The summed E-state index contributed by atoms with van der Waals surface area (Å²) in [6, 6.07) is 25.2. The third kappa shape index (κ3) is 10.5. The lowest BCUT2D eigenvalue weighted by Gasteiger charge is -2.40. The van der Waals surface area contributed by atoms with Gasteiger partial charge in [-0.3, -0.25) is 9.69 Å². The van der Waals surface area contributed by atoms with Gasteiger partial charge in [-0.25, -0.2) is 0 Å². The van der Waals surface area contributed by atoms with Gasteiger partial charge in [0.2, 0.25) is 5.52 Å². The van der Waals surface area contributed by atoms with Crippen molar-refractivity contribution in [1.82, 2.24) is 15.1 Å². The van der Waals surface area contributed by atoms with Gasteiger partial charge >= 0.3 is 0 Å². The average molecular weight is 729 g/mol. The maximum Gasteiger partial charge on any atom is 0.263 e. The molecule has 0 saturated heterocycles. The normalized spacial score (nSPS) is 13.5. The highest BCUT2D eigenvalue weighted by atomic mass is 32.1. The summed E-state index contributed by atoms with van der Waals surface area (Å²) < 4.78 is 19.5. The quantitative estimate of drug-likeness (QED) is 0.0836. The van der Waals surface area contributed by atoms with Gasteiger partial charge in [-0.1, -0.05) is 54.7 Å². The first kappa shape index (κ1) is 39.1. The van der Waals surface area contributed by atoms with Crippen LogP contribution in [-0.2, 0) is 21.3 Å². The number of fused-ring (bicyclic) bond motifs is 2. The van der Waals surface area contributed by atoms with E-state index in [0.717, 1.165) is 64.6 Å². The number of aliphatic hydroxyl groups excluding tert-OH is 1. The zero-order valence-corrected chi connectivity index (χ0v) is 31.9. The predicted octanol–water partition coefficient (Wildman–Crippen LogP) is 5.70. The van der Waals surface area contributed by atoms with Crippen molar-refractivity contribution in [2.45, 2.75) is 19.8 Å². The van der Waals surface area contributed by atoms with Crippen molar-refractivity contribution in [2.75, 3.05) is 91.4 Å². The summed E-state index contributed by atoms with van der Waals surface area (Å²) in [6.45, 7) is 8.09. The van der Waals surface area contributed by atoms with Crippen molar-refractivity contribution in [3.63, 3.8) is 0 Å². The molecule has 1 aliphatic rings. The largest absolute Gasteiger partial charge is 0.394 e. The Bertz CT molecular complexity index is 1790. The molecule has 11 heteroatoms. The first-order valence-electron chi connectivity index (χ1n) is 18.2. The Morgan fingerprint density at radius 2 is 1.62 bits per heavy atom. The summed E-state index contributed by atoms with van der Waals surface area (Å²) in [5.41, 5.74) is 6.27. The number of aromatic nitrogens is 1. The molecule has 2 N–H and O–H groups in total. The predicted molar refractivity (Wildman–Crippen MR) is 211 cm³/mol. The lowest BCUT2D eigenvalue weighted by Crippen LogP contribution is -2.37. The molecule has 0 unspecified atom stereocenters. The van der Waals surface area contributed by atoms with Crippen LogP contribution in [0.4, 0.5) is 11.4 Å². The van der Waals surface area contributed by atoms with E-state index in [1.807, 2.05) is 18.2 Å². The van der Waals surface area contributed by atoms with E-state index in [4.69, 9.17) is 19.3 Å². The molecule has 2 heterocycles. The van der Waals surface area contributed by atoms with Gasteiger partial charge < -0.3 is 34.4 Å². The molecule has 1 aromatic heterocycles. The van der Waals surface area contributed by atoms with E-state index < -0.39 is 0 Å². The Labute approximate surface area is 312 Å². The van der Waals surface area contributed by atoms with E-state index in [1.54, 1.807) is 11.3 Å². The minimum Gasteiger partial charge on any atom is -0.394 e. The van der Waals surface area contributed by atoms with Gasteiger partial charge in [0.15, 0.2) is 0 Å². The van der Waals surface area contributed by atoms with Crippen molar-refractivity contribution in [1.29, 1.82) is 0 Å². The Balaban J connectivity index is 1.35. The third-order valence-corrected chi connectivity index (χ3v) is 9.92. The number of aryl methyl sites for hydroxylation is 1. The highest BCUT2D eigenvalue weighted by molar-refractivity contribution is 7.18. The van der Waals surface area contributed by atoms with Gasteiger partial charge in [0.1, 0.15) is 17.6 Å². The Hall–Kier alpha value is -4.10. The first-order valence-corrected chi connectivity index (χ1v) is 19.1. The number of allylic oxidation sites excluding steroid dienone is 2. The fourth-order valence-electron chi connectivity index (χ4n) is 6.22. The Morgan fingerprint density at radius 1 is 0.904 bits per heavy atom. The second-order valence-corrected chi connectivity index (χ2v) is 14.0. The number of nitrogens with zero attached hydrogens (tertiary/aromatic N) is 4. The van der Waals surface area contributed by atoms with Gasteiger partial charge in [0.25, 0.3) is 10.9 Å². The van der Waals surface area contributed by atoms with Gasteiger partial charge in [0.05, 0.1) is 51.9 Å². The molecule has 10 nitrogen and oxygen atoms in total. The van der Waals surface area contributed by atoms with E-state index in [2.05, 4.69) is 119 Å². The molecule has 0 aliphatic carbocycles. The number of rotatable bonds is 21. The molecule has 0 spiro atoms. The molecule has 1 amide bonds. The molecule has 0 radical (unpaired) electrons. The number of anilines is 2. The molecule has 0 fully saturated rings. The molecule has 1 aliphatic heterocycles. The monoisotopic (exact) mass is 728 g/mol. The average Bonchev–Trinajstić information content (AvgIpc) is 3.47. The smallest absolute Gasteiger partial charge is 0.263 e. The number of para-hydroxylation sites is 2. The SMILES string of the molecule is CCCN(CCCN(C)C)C1=C/C(=C/c2sc3ccc(C(=O)NCCOCCOCCOCCO)cc3[n+]2C)c2ccccc2N1c1ccccc1. The Kier molecular flexibility index (Phi) is 15.2. The number of amides is 1. The number of aliphatic hydroxyl groups is 1. The lowest BCUT2D eigenvalue weighted by atomic mass is 9.97. The van der Waals surface area contributed by atoms with Crippen LogP contribution in [-0.4, -0.2) is 107 Å². The molecule has 5 rings (SSSR count). The molecule has 52 heavy (non-hydrogen) atoms. The molecular formula is C41H54N5O5S+. The zero-order valence-electron chi connectivity index (χ0n) is 31.1. The van der Waals surface area contributed by atoms with Gasteiger partial charge in [-0.2, -0.15) is 4.57 Å². The number of thiazole rings is 1. The van der Waals surface area contributed by atoms with Crippen LogP contribution in [0.3, 0.4) is 0 Å². The summed E-state index contributed by atoms with van der Waals surface area (Å²) in [5.74, 6) is 1.05. The van der Waals surface area contributed by atoms with E-state index in [1.165, 1.54) is 11.4 Å². The molecule has 0 atom stereocenters. The molecule has 278 valence electrons. The van der Waals surface area contributed by atoms with E-state index in [0.29, 0.717) is 51.7 Å². The Morgan fingerprint density at radius 3 is 2.35 bits per heavy atom. The van der Waals surface area contributed by atoms with Crippen molar-refractivity contribution in [3.05, 3.63) is 101 Å². The van der Waals surface area contributed by atoms with Crippen LogP contribution >= 0.6 is 11.3 Å². The standard InChI is InChI=1S/C41H53N5O5S/c1-5-19-45(21-11-20-43(2)3)39-30-33(35-14-9-10-15-36(35)46(39)34-12-7-6-8-13-34)31-40-44(4)37-29-32(16-17-38(37)52-40)41(48)42-18-23-49-25-27-51-28-26-50-24-22-47/h6-10,12-17,29-31,47H,5,11,18-28H2,1-4H3/p+1.